The number of allylic oxidation sites excluding steroid dienone is 1. The highest BCUT2D eigenvalue weighted by atomic mass is 32.2. The Bertz CT molecular complexity index is 920. The van der Waals surface area contributed by atoms with Crippen LogP contribution in [0.15, 0.2) is 64.5 Å². The predicted octanol–water partition coefficient (Wildman–Crippen LogP) is 4.29. The first-order valence-electron chi connectivity index (χ1n) is 7.67. The number of nitriles is 1. The zero-order chi connectivity index (χ0) is 17.6. The molecular weight excluding hydrogens is 330 g/mol. The molecule has 0 atom stereocenters. The SMILES string of the molecule is C/C(=C\c1ccc(C=C2SC(=NC#N)NC2=O)cc1)c1ccccc1. The van der Waals surface area contributed by atoms with Crippen molar-refractivity contribution in [2.24, 2.45) is 4.99 Å². The van der Waals surface area contributed by atoms with Gasteiger partial charge in [0.1, 0.15) is 0 Å². The number of nitrogens with zero attached hydrogens (tertiary/aromatic N) is 2. The van der Waals surface area contributed by atoms with Crippen LogP contribution in [-0.2, 0) is 4.79 Å². The van der Waals surface area contributed by atoms with Gasteiger partial charge in [-0.3, -0.25) is 10.1 Å². The molecule has 1 saturated heterocycles. The monoisotopic (exact) mass is 345 g/mol. The minimum absolute atomic E-state index is 0.233. The Labute approximate surface area is 150 Å². The molecule has 1 aliphatic heterocycles. The maximum Gasteiger partial charge on any atom is 0.264 e. The van der Waals surface area contributed by atoms with Crippen LogP contribution in [-0.4, -0.2) is 11.1 Å². The normalized spacial score (nSPS) is 17.6. The number of rotatable bonds is 3. The van der Waals surface area contributed by atoms with Crippen molar-refractivity contribution in [2.45, 2.75) is 6.92 Å². The Hall–Kier alpha value is -3.10. The number of hydrogen-bond acceptors (Lipinski definition) is 4. The number of benzene rings is 2. The third-order valence-electron chi connectivity index (χ3n) is 3.65. The maximum atomic E-state index is 11.8. The van der Waals surface area contributed by atoms with Crippen LogP contribution in [0.5, 0.6) is 0 Å². The van der Waals surface area contributed by atoms with Gasteiger partial charge in [-0.1, -0.05) is 60.7 Å². The lowest BCUT2D eigenvalue weighted by Crippen LogP contribution is -2.19. The quantitative estimate of drug-likeness (QED) is 0.513. The molecule has 0 spiro atoms. The molecule has 0 aromatic heterocycles. The molecule has 1 N–H and O–H groups in total. The van der Waals surface area contributed by atoms with E-state index in [9.17, 15) is 4.79 Å². The van der Waals surface area contributed by atoms with Crippen molar-refractivity contribution in [3.63, 3.8) is 0 Å². The van der Waals surface area contributed by atoms with E-state index in [1.54, 1.807) is 12.3 Å². The average molecular weight is 345 g/mol. The maximum absolute atomic E-state index is 11.8. The molecule has 1 amide bonds. The molecule has 1 heterocycles. The Morgan fingerprint density at radius 2 is 1.80 bits per heavy atom. The van der Waals surface area contributed by atoms with E-state index < -0.39 is 0 Å². The Balaban J connectivity index is 1.77. The second-order valence-corrected chi connectivity index (χ2v) is 6.47. The first-order valence-corrected chi connectivity index (χ1v) is 8.49. The van der Waals surface area contributed by atoms with Crippen molar-refractivity contribution >= 4 is 40.6 Å². The lowest BCUT2D eigenvalue weighted by atomic mass is 10.0. The van der Waals surface area contributed by atoms with E-state index in [1.165, 1.54) is 22.9 Å². The van der Waals surface area contributed by atoms with Crippen LogP contribution >= 0.6 is 11.8 Å². The van der Waals surface area contributed by atoms with Gasteiger partial charge in [-0.05, 0) is 47.0 Å². The van der Waals surface area contributed by atoms with Gasteiger partial charge in [-0.2, -0.15) is 5.26 Å². The summed E-state index contributed by atoms with van der Waals surface area (Å²) in [5.74, 6) is -0.233. The molecule has 3 rings (SSSR count). The molecule has 0 unspecified atom stereocenters. The molecule has 5 heteroatoms. The minimum atomic E-state index is -0.233. The highest BCUT2D eigenvalue weighted by Crippen LogP contribution is 2.26. The number of amidine groups is 1. The zero-order valence-electron chi connectivity index (χ0n) is 13.6. The second-order valence-electron chi connectivity index (χ2n) is 5.44. The molecule has 0 bridgehead atoms. The Kier molecular flexibility index (Phi) is 5.12. The van der Waals surface area contributed by atoms with Crippen LogP contribution in [0.25, 0.3) is 17.7 Å². The fourth-order valence-corrected chi connectivity index (χ4v) is 3.18. The summed E-state index contributed by atoms with van der Waals surface area (Å²) in [5, 5.41) is 11.4. The smallest absolute Gasteiger partial charge is 0.264 e. The summed E-state index contributed by atoms with van der Waals surface area (Å²) < 4.78 is 0. The molecule has 0 radical (unpaired) electrons. The van der Waals surface area contributed by atoms with Crippen molar-refractivity contribution < 1.29 is 4.79 Å². The van der Waals surface area contributed by atoms with Gasteiger partial charge >= 0.3 is 0 Å². The van der Waals surface area contributed by atoms with Gasteiger partial charge in [0.25, 0.3) is 5.91 Å². The van der Waals surface area contributed by atoms with Crippen molar-refractivity contribution in [3.8, 4) is 6.19 Å². The van der Waals surface area contributed by atoms with Crippen molar-refractivity contribution in [3.05, 3.63) is 76.2 Å². The third-order valence-corrected chi connectivity index (χ3v) is 4.56. The summed E-state index contributed by atoms with van der Waals surface area (Å²) in [6.45, 7) is 2.08. The van der Waals surface area contributed by atoms with Gasteiger partial charge in [0.05, 0.1) is 4.91 Å². The van der Waals surface area contributed by atoms with Gasteiger partial charge in [0.15, 0.2) is 5.17 Å². The number of hydrogen-bond donors (Lipinski definition) is 1. The summed E-state index contributed by atoms with van der Waals surface area (Å²) >= 11 is 1.17. The number of amides is 1. The topological polar surface area (TPSA) is 65.2 Å². The summed E-state index contributed by atoms with van der Waals surface area (Å²) in [6.07, 6.45) is 5.59. The van der Waals surface area contributed by atoms with Gasteiger partial charge < -0.3 is 0 Å². The van der Waals surface area contributed by atoms with Crippen LogP contribution in [0.1, 0.15) is 23.6 Å². The predicted molar refractivity (Wildman–Crippen MR) is 103 cm³/mol. The van der Waals surface area contributed by atoms with E-state index in [2.05, 4.69) is 35.4 Å². The molecular formula is C20H15N3OS. The third kappa shape index (κ3) is 4.25. The molecule has 1 fully saturated rings. The molecule has 0 aliphatic carbocycles. The van der Waals surface area contributed by atoms with Crippen molar-refractivity contribution in [1.82, 2.24) is 5.32 Å². The van der Waals surface area contributed by atoms with Crippen LogP contribution in [0.2, 0.25) is 0 Å². The molecule has 4 nitrogen and oxygen atoms in total. The molecule has 0 saturated carbocycles. The number of carbonyl (C=O) groups is 1. The molecule has 2 aromatic rings. The van der Waals surface area contributed by atoms with Crippen molar-refractivity contribution in [2.75, 3.05) is 0 Å². The first-order chi connectivity index (χ1) is 12.2. The number of aliphatic imine (C=N–C) groups is 1. The van der Waals surface area contributed by atoms with E-state index in [4.69, 9.17) is 5.26 Å². The average Bonchev–Trinajstić information content (AvgIpc) is 2.97. The summed E-state index contributed by atoms with van der Waals surface area (Å²) in [5.41, 5.74) is 4.40. The number of thioether (sulfide) groups is 1. The van der Waals surface area contributed by atoms with Gasteiger partial charge in [-0.25, -0.2) is 0 Å². The van der Waals surface area contributed by atoms with E-state index in [-0.39, 0.29) is 5.91 Å². The first kappa shape index (κ1) is 16.7. The van der Waals surface area contributed by atoms with E-state index in [1.807, 2.05) is 42.5 Å². The lowest BCUT2D eigenvalue weighted by Gasteiger charge is -2.02. The van der Waals surface area contributed by atoms with Gasteiger partial charge in [-0.15, -0.1) is 4.99 Å². The number of nitrogens with one attached hydrogen (secondary N) is 1. The van der Waals surface area contributed by atoms with Crippen LogP contribution in [0, 0.1) is 11.5 Å². The summed E-state index contributed by atoms with van der Waals surface area (Å²) in [4.78, 5) is 15.9. The second kappa shape index (κ2) is 7.65. The zero-order valence-corrected chi connectivity index (χ0v) is 14.4. The summed E-state index contributed by atoms with van der Waals surface area (Å²) in [7, 11) is 0. The van der Waals surface area contributed by atoms with E-state index in [0.29, 0.717) is 10.1 Å². The molecule has 25 heavy (non-hydrogen) atoms. The van der Waals surface area contributed by atoms with E-state index in [0.717, 1.165) is 11.1 Å². The largest absolute Gasteiger partial charge is 0.300 e. The summed E-state index contributed by atoms with van der Waals surface area (Å²) in [6, 6.07) is 18.2. The molecule has 1 aliphatic rings. The highest BCUT2D eigenvalue weighted by Gasteiger charge is 2.23. The van der Waals surface area contributed by atoms with Gasteiger partial charge in [0.2, 0.25) is 6.19 Å². The number of carbonyl (C=O) groups excluding carboxylic acids is 1. The Morgan fingerprint density at radius 1 is 1.12 bits per heavy atom. The van der Waals surface area contributed by atoms with E-state index >= 15 is 0 Å². The lowest BCUT2D eigenvalue weighted by molar-refractivity contribution is -0.115. The Morgan fingerprint density at radius 3 is 2.48 bits per heavy atom. The van der Waals surface area contributed by atoms with Crippen LogP contribution < -0.4 is 5.32 Å². The van der Waals surface area contributed by atoms with Gasteiger partial charge in [0, 0.05) is 0 Å². The fraction of sp³-hybridized carbons (Fsp3) is 0.0500. The standard InChI is InChI=1S/C20H15N3OS/c1-14(17-5-3-2-4-6-17)11-15-7-9-16(10-8-15)12-18-19(24)23-20(25-18)22-13-21/h2-12H,1H3,(H,22,23,24)/b14-11+,18-12?. The highest BCUT2D eigenvalue weighted by molar-refractivity contribution is 8.18. The van der Waals surface area contributed by atoms with Crippen molar-refractivity contribution in [1.29, 1.82) is 5.26 Å². The minimum Gasteiger partial charge on any atom is -0.300 e. The fourth-order valence-electron chi connectivity index (χ4n) is 2.40. The van der Waals surface area contributed by atoms with Crippen LogP contribution in [0.4, 0.5) is 0 Å². The van der Waals surface area contributed by atoms with Crippen LogP contribution in [0.3, 0.4) is 0 Å². The molecule has 2 aromatic carbocycles. The molecule has 122 valence electrons.